The van der Waals surface area contributed by atoms with Gasteiger partial charge in [0.25, 0.3) is 0 Å². The Bertz CT molecular complexity index is 500. The van der Waals surface area contributed by atoms with E-state index in [1.54, 1.807) is 0 Å². The van der Waals surface area contributed by atoms with Crippen molar-refractivity contribution in [2.45, 2.75) is 37.8 Å². The lowest BCUT2D eigenvalue weighted by molar-refractivity contribution is -0.134. The van der Waals surface area contributed by atoms with Crippen LogP contribution in [0.2, 0.25) is 0 Å². The van der Waals surface area contributed by atoms with Crippen LogP contribution in [0.3, 0.4) is 0 Å². The van der Waals surface area contributed by atoms with Crippen LogP contribution < -0.4 is 4.74 Å². The van der Waals surface area contributed by atoms with Crippen molar-refractivity contribution in [2.24, 2.45) is 0 Å². The van der Waals surface area contributed by atoms with Crippen LogP contribution in [0.5, 0.6) is 5.75 Å². The van der Waals surface area contributed by atoms with E-state index >= 15 is 0 Å². The first-order valence-corrected chi connectivity index (χ1v) is 8.62. The lowest BCUT2D eigenvalue weighted by atomic mass is 10.1. The fourth-order valence-corrected chi connectivity index (χ4v) is 3.58. The molecule has 5 nitrogen and oxygen atoms in total. The summed E-state index contributed by atoms with van der Waals surface area (Å²) in [5, 5.41) is 10.0. The number of benzene rings is 1. The smallest absolute Gasteiger partial charge is 0.226 e. The largest absolute Gasteiger partial charge is 0.493 e. The summed E-state index contributed by atoms with van der Waals surface area (Å²) in [6.07, 6.45) is 3.35. The van der Waals surface area contributed by atoms with E-state index in [4.69, 9.17) is 4.74 Å². The fourth-order valence-electron chi connectivity index (χ4n) is 3.58. The van der Waals surface area contributed by atoms with Crippen LogP contribution in [0.1, 0.15) is 25.7 Å². The maximum absolute atomic E-state index is 12.3. The molecule has 1 aromatic rings. The Morgan fingerprint density at radius 2 is 1.87 bits per heavy atom. The predicted molar refractivity (Wildman–Crippen MR) is 88.4 cm³/mol. The minimum absolute atomic E-state index is 0.160. The summed E-state index contributed by atoms with van der Waals surface area (Å²) in [5.74, 6) is 0.966. The number of carbonyl (C=O) groups excluding carboxylic acids is 1. The first-order valence-electron chi connectivity index (χ1n) is 8.62. The van der Waals surface area contributed by atoms with Gasteiger partial charge in [-0.3, -0.25) is 9.69 Å². The van der Waals surface area contributed by atoms with E-state index in [9.17, 15) is 9.90 Å². The first kappa shape index (κ1) is 16.3. The van der Waals surface area contributed by atoms with Gasteiger partial charge in [0.1, 0.15) is 5.75 Å². The molecule has 0 aromatic heterocycles. The third-order valence-electron chi connectivity index (χ3n) is 4.91. The zero-order valence-corrected chi connectivity index (χ0v) is 13.6. The molecule has 0 unspecified atom stereocenters. The van der Waals surface area contributed by atoms with Crippen LogP contribution >= 0.6 is 0 Å². The van der Waals surface area contributed by atoms with E-state index in [0.29, 0.717) is 19.1 Å². The molecule has 2 fully saturated rings. The molecule has 2 aliphatic rings. The topological polar surface area (TPSA) is 53.0 Å². The van der Waals surface area contributed by atoms with Crippen molar-refractivity contribution in [3.05, 3.63) is 30.3 Å². The summed E-state index contributed by atoms with van der Waals surface area (Å²) >= 11 is 0. The molecule has 1 saturated carbocycles. The van der Waals surface area contributed by atoms with Crippen molar-refractivity contribution in [3.63, 3.8) is 0 Å². The van der Waals surface area contributed by atoms with Crippen LogP contribution in [-0.2, 0) is 4.79 Å². The number of carbonyl (C=O) groups is 1. The lowest BCUT2D eigenvalue weighted by Gasteiger charge is -2.39. The summed E-state index contributed by atoms with van der Waals surface area (Å²) < 4.78 is 5.59. The van der Waals surface area contributed by atoms with E-state index in [1.807, 2.05) is 35.2 Å². The Hall–Kier alpha value is -1.59. The van der Waals surface area contributed by atoms with Gasteiger partial charge in [-0.2, -0.15) is 0 Å². The normalized spacial score (nSPS) is 25.5. The molecule has 2 atom stereocenters. The van der Waals surface area contributed by atoms with Crippen LogP contribution in [0, 0.1) is 0 Å². The van der Waals surface area contributed by atoms with Crippen LogP contribution in [-0.4, -0.2) is 65.7 Å². The van der Waals surface area contributed by atoms with E-state index in [0.717, 1.165) is 51.2 Å². The average molecular weight is 318 g/mol. The summed E-state index contributed by atoms with van der Waals surface area (Å²) in [6, 6.07) is 9.89. The van der Waals surface area contributed by atoms with E-state index in [-0.39, 0.29) is 12.0 Å². The van der Waals surface area contributed by atoms with E-state index in [1.165, 1.54) is 0 Å². The maximum atomic E-state index is 12.3. The van der Waals surface area contributed by atoms with Crippen LogP contribution in [0.4, 0.5) is 0 Å². The van der Waals surface area contributed by atoms with Crippen LogP contribution in [0.15, 0.2) is 30.3 Å². The van der Waals surface area contributed by atoms with Gasteiger partial charge >= 0.3 is 0 Å². The third-order valence-corrected chi connectivity index (χ3v) is 4.91. The number of piperazine rings is 1. The van der Waals surface area contributed by atoms with Gasteiger partial charge in [-0.15, -0.1) is 0 Å². The molecule has 1 heterocycles. The van der Waals surface area contributed by atoms with Gasteiger partial charge in [0.05, 0.1) is 19.1 Å². The number of rotatable bonds is 5. The van der Waals surface area contributed by atoms with Crippen molar-refractivity contribution in [2.75, 3.05) is 32.8 Å². The molecule has 0 bridgehead atoms. The highest BCUT2D eigenvalue weighted by atomic mass is 16.5. The number of aliphatic hydroxyl groups is 1. The molecular formula is C18H26N2O3. The molecular weight excluding hydrogens is 292 g/mol. The van der Waals surface area contributed by atoms with Gasteiger partial charge in [-0.05, 0) is 31.4 Å². The van der Waals surface area contributed by atoms with Gasteiger partial charge in [0, 0.05) is 32.2 Å². The number of amides is 1. The first-order chi connectivity index (χ1) is 11.2. The lowest BCUT2D eigenvalue weighted by Crippen LogP contribution is -2.53. The molecule has 1 aromatic carbocycles. The number of nitrogens with zero attached hydrogens (tertiary/aromatic N) is 2. The molecule has 126 valence electrons. The quantitative estimate of drug-likeness (QED) is 0.894. The molecule has 1 N–H and O–H groups in total. The number of ether oxygens (including phenoxy) is 1. The van der Waals surface area contributed by atoms with E-state index < -0.39 is 0 Å². The number of para-hydroxylation sites is 1. The van der Waals surface area contributed by atoms with Crippen molar-refractivity contribution in [1.82, 2.24) is 9.80 Å². The van der Waals surface area contributed by atoms with Crippen molar-refractivity contribution >= 4 is 5.91 Å². The molecule has 0 radical (unpaired) electrons. The monoisotopic (exact) mass is 318 g/mol. The molecule has 1 aliphatic carbocycles. The highest BCUT2D eigenvalue weighted by Gasteiger charge is 2.33. The van der Waals surface area contributed by atoms with Crippen molar-refractivity contribution < 1.29 is 14.6 Å². The van der Waals surface area contributed by atoms with Crippen molar-refractivity contribution in [3.8, 4) is 5.75 Å². The zero-order chi connectivity index (χ0) is 16.1. The minimum atomic E-state index is -0.184. The predicted octanol–water partition coefficient (Wildman–Crippen LogP) is 1.51. The number of hydrogen-bond acceptors (Lipinski definition) is 4. The molecule has 1 aliphatic heterocycles. The van der Waals surface area contributed by atoms with Gasteiger partial charge in [-0.1, -0.05) is 18.2 Å². The van der Waals surface area contributed by atoms with Gasteiger partial charge in [0.2, 0.25) is 5.91 Å². The maximum Gasteiger partial charge on any atom is 0.226 e. The zero-order valence-electron chi connectivity index (χ0n) is 13.6. The summed E-state index contributed by atoms with van der Waals surface area (Å²) in [6.45, 7) is 3.67. The van der Waals surface area contributed by atoms with Gasteiger partial charge in [-0.25, -0.2) is 0 Å². The highest BCUT2D eigenvalue weighted by molar-refractivity contribution is 5.76. The fraction of sp³-hybridized carbons (Fsp3) is 0.611. The second kappa shape index (κ2) is 7.79. The summed E-state index contributed by atoms with van der Waals surface area (Å²) in [5.41, 5.74) is 0. The highest BCUT2D eigenvalue weighted by Crippen LogP contribution is 2.25. The van der Waals surface area contributed by atoms with Gasteiger partial charge < -0.3 is 14.7 Å². The molecule has 23 heavy (non-hydrogen) atoms. The van der Waals surface area contributed by atoms with Crippen molar-refractivity contribution in [1.29, 1.82) is 0 Å². The van der Waals surface area contributed by atoms with Gasteiger partial charge in [0.15, 0.2) is 0 Å². The Balaban J connectivity index is 1.38. The number of aliphatic hydroxyl groups excluding tert-OH is 1. The second-order valence-electron chi connectivity index (χ2n) is 6.39. The average Bonchev–Trinajstić information content (AvgIpc) is 3.02. The molecule has 3 rings (SSSR count). The van der Waals surface area contributed by atoms with E-state index in [2.05, 4.69) is 4.90 Å². The minimum Gasteiger partial charge on any atom is -0.493 e. The summed E-state index contributed by atoms with van der Waals surface area (Å²) in [4.78, 5) is 16.5. The van der Waals surface area contributed by atoms with Crippen LogP contribution in [0.25, 0.3) is 0 Å². The summed E-state index contributed by atoms with van der Waals surface area (Å²) in [7, 11) is 0. The molecule has 0 spiro atoms. The standard InChI is InChI=1S/C18H26N2O3/c21-17-8-4-7-16(17)19-10-12-20(13-11-19)18(22)9-14-23-15-5-2-1-3-6-15/h1-3,5-6,16-17,21H,4,7-14H2/t16-,17-/m0/s1. The Morgan fingerprint density at radius 1 is 1.13 bits per heavy atom. The Kier molecular flexibility index (Phi) is 5.51. The Labute approximate surface area is 137 Å². The second-order valence-corrected chi connectivity index (χ2v) is 6.39. The molecule has 5 heteroatoms. The molecule has 1 saturated heterocycles. The Morgan fingerprint density at radius 3 is 2.52 bits per heavy atom. The third kappa shape index (κ3) is 4.24. The molecule has 1 amide bonds. The SMILES string of the molecule is O=C(CCOc1ccccc1)N1CCN([C@H]2CCC[C@@H]2O)CC1. The number of hydrogen-bond donors (Lipinski definition) is 1.